The van der Waals surface area contributed by atoms with Gasteiger partial charge in [-0.25, -0.2) is 9.18 Å². The fraction of sp³-hybridized carbons (Fsp3) is 0.208. The van der Waals surface area contributed by atoms with Gasteiger partial charge in [-0.1, -0.05) is 25.1 Å². The van der Waals surface area contributed by atoms with Gasteiger partial charge in [0.15, 0.2) is 0 Å². The molecule has 11 heteroatoms. The molecule has 3 aromatic rings. The molecule has 182 valence electrons. The molecule has 0 saturated carbocycles. The van der Waals surface area contributed by atoms with Crippen LogP contribution in [0.15, 0.2) is 64.3 Å². The monoisotopic (exact) mass is 481 g/mol. The van der Waals surface area contributed by atoms with Gasteiger partial charge >= 0.3 is 5.69 Å². The second kappa shape index (κ2) is 11.5. The average Bonchev–Trinajstić information content (AvgIpc) is 2.85. The minimum atomic E-state index is -0.867. The summed E-state index contributed by atoms with van der Waals surface area (Å²) in [6.45, 7) is 1.49. The number of halogens is 1. The normalized spacial score (nSPS) is 10.5. The molecular weight excluding hydrogens is 457 g/mol. The first-order valence-electron chi connectivity index (χ1n) is 10.8. The summed E-state index contributed by atoms with van der Waals surface area (Å²) < 4.78 is 14.7. The Hall–Kier alpha value is -4.54. The van der Waals surface area contributed by atoms with Gasteiger partial charge in [0.1, 0.15) is 11.4 Å². The van der Waals surface area contributed by atoms with Crippen LogP contribution in [-0.2, 0) is 11.3 Å². The van der Waals surface area contributed by atoms with E-state index >= 15 is 0 Å². The van der Waals surface area contributed by atoms with Crippen molar-refractivity contribution in [3.8, 4) is 0 Å². The molecule has 0 bridgehead atoms. The lowest BCUT2D eigenvalue weighted by atomic mass is 10.2. The molecule has 0 unspecified atom stereocenters. The molecule has 35 heavy (non-hydrogen) atoms. The maximum atomic E-state index is 13.9. The van der Waals surface area contributed by atoms with Gasteiger partial charge in [0.25, 0.3) is 17.4 Å². The van der Waals surface area contributed by atoms with Gasteiger partial charge < -0.3 is 20.9 Å². The van der Waals surface area contributed by atoms with Gasteiger partial charge in [0, 0.05) is 42.5 Å². The molecule has 0 atom stereocenters. The molecule has 0 spiro atoms. The highest BCUT2D eigenvalue weighted by Crippen LogP contribution is 2.10. The van der Waals surface area contributed by atoms with E-state index in [1.165, 1.54) is 18.2 Å². The Labute approximate surface area is 199 Å². The van der Waals surface area contributed by atoms with Gasteiger partial charge in [0.05, 0.1) is 6.54 Å². The van der Waals surface area contributed by atoms with Crippen LogP contribution in [0.25, 0.3) is 0 Å². The maximum Gasteiger partial charge on any atom is 0.328 e. The lowest BCUT2D eigenvalue weighted by molar-refractivity contribution is -0.115. The minimum absolute atomic E-state index is 0.0150. The van der Waals surface area contributed by atoms with Crippen LogP contribution in [0.4, 0.5) is 10.1 Å². The third kappa shape index (κ3) is 6.50. The molecule has 1 aromatic heterocycles. The topological polar surface area (TPSA) is 142 Å². The van der Waals surface area contributed by atoms with Gasteiger partial charge in [-0.2, -0.15) is 0 Å². The van der Waals surface area contributed by atoms with E-state index in [2.05, 4.69) is 20.9 Å². The van der Waals surface area contributed by atoms with Crippen molar-refractivity contribution in [3.05, 3.63) is 98.1 Å². The summed E-state index contributed by atoms with van der Waals surface area (Å²) >= 11 is 0. The minimum Gasteiger partial charge on any atom is -0.350 e. The van der Waals surface area contributed by atoms with Gasteiger partial charge in [0.2, 0.25) is 5.91 Å². The Kier molecular flexibility index (Phi) is 8.28. The highest BCUT2D eigenvalue weighted by Gasteiger charge is 2.16. The molecule has 0 radical (unpaired) electrons. The second-order valence-electron chi connectivity index (χ2n) is 7.48. The van der Waals surface area contributed by atoms with Crippen molar-refractivity contribution in [1.29, 1.82) is 0 Å². The maximum absolute atomic E-state index is 13.9. The number of hydrogen-bond donors (Lipinski definition) is 4. The van der Waals surface area contributed by atoms with Gasteiger partial charge in [-0.15, -0.1) is 0 Å². The fourth-order valence-electron chi connectivity index (χ4n) is 3.12. The zero-order valence-corrected chi connectivity index (χ0v) is 18.9. The van der Waals surface area contributed by atoms with E-state index in [0.29, 0.717) is 17.7 Å². The molecule has 0 aliphatic rings. The van der Waals surface area contributed by atoms with Crippen LogP contribution in [0.1, 0.15) is 39.6 Å². The summed E-state index contributed by atoms with van der Waals surface area (Å²) in [6, 6.07) is 12.0. The van der Waals surface area contributed by atoms with Crippen molar-refractivity contribution in [1.82, 2.24) is 20.2 Å². The van der Waals surface area contributed by atoms with Crippen LogP contribution in [0.2, 0.25) is 0 Å². The summed E-state index contributed by atoms with van der Waals surface area (Å²) in [6.07, 6.45) is 1.34. The Morgan fingerprint density at radius 1 is 0.943 bits per heavy atom. The molecule has 0 fully saturated rings. The van der Waals surface area contributed by atoms with Crippen LogP contribution in [-0.4, -0.2) is 40.4 Å². The van der Waals surface area contributed by atoms with Crippen molar-refractivity contribution in [2.75, 3.05) is 18.4 Å². The number of carbonyl (C=O) groups excluding carboxylic acids is 3. The number of aromatic amines is 1. The molecule has 0 aliphatic heterocycles. The third-order valence-corrected chi connectivity index (χ3v) is 5.04. The van der Waals surface area contributed by atoms with Crippen molar-refractivity contribution in [2.45, 2.75) is 19.9 Å². The first kappa shape index (κ1) is 25.1. The van der Waals surface area contributed by atoms with E-state index in [1.54, 1.807) is 37.3 Å². The Balaban J connectivity index is 1.56. The summed E-state index contributed by atoms with van der Waals surface area (Å²) in [5.41, 5.74) is -0.904. The summed E-state index contributed by atoms with van der Waals surface area (Å²) in [5.74, 6) is -1.85. The van der Waals surface area contributed by atoms with Crippen LogP contribution >= 0.6 is 0 Å². The third-order valence-electron chi connectivity index (χ3n) is 5.04. The Morgan fingerprint density at radius 3 is 2.26 bits per heavy atom. The number of benzene rings is 2. The van der Waals surface area contributed by atoms with Gasteiger partial charge in [-0.05, 0) is 30.3 Å². The lowest BCUT2D eigenvalue weighted by Crippen LogP contribution is -2.42. The zero-order valence-electron chi connectivity index (χ0n) is 18.9. The largest absolute Gasteiger partial charge is 0.350 e. The standard InChI is InChI=1S/C24H24FN5O5/c1-2-20(31)29-17-9-7-15(8-10-17)21(32)26-11-12-27-22(33)18-13-28-24(35)30(23(18)34)14-16-5-3-4-6-19(16)25/h3-10,13H,2,11-12,14H2,1H3,(H,26,32)(H,27,33)(H,28,35)(H,29,31). The molecule has 2 aromatic carbocycles. The molecule has 0 aliphatic carbocycles. The van der Waals surface area contributed by atoms with E-state index < -0.39 is 23.0 Å². The van der Waals surface area contributed by atoms with Crippen molar-refractivity contribution in [3.63, 3.8) is 0 Å². The predicted octanol–water partition coefficient (Wildman–Crippen LogP) is 1.23. The predicted molar refractivity (Wildman–Crippen MR) is 127 cm³/mol. The van der Waals surface area contributed by atoms with Crippen molar-refractivity contribution >= 4 is 23.4 Å². The average molecular weight is 481 g/mol. The number of rotatable bonds is 9. The molecule has 3 rings (SSSR count). The molecular formula is C24H24FN5O5. The van der Waals surface area contributed by atoms with Crippen LogP contribution in [0.5, 0.6) is 0 Å². The number of hydrogen-bond acceptors (Lipinski definition) is 5. The van der Waals surface area contributed by atoms with E-state index in [9.17, 15) is 28.4 Å². The SMILES string of the molecule is CCC(=O)Nc1ccc(C(=O)NCCNC(=O)c2c[nH]c(=O)n(Cc3ccccc3F)c2=O)cc1. The molecule has 3 amide bonds. The number of anilines is 1. The second-order valence-corrected chi connectivity index (χ2v) is 7.48. The highest BCUT2D eigenvalue weighted by atomic mass is 19.1. The van der Waals surface area contributed by atoms with Crippen LogP contribution < -0.4 is 27.2 Å². The number of nitrogens with one attached hydrogen (secondary N) is 4. The zero-order chi connectivity index (χ0) is 25.4. The fourth-order valence-corrected chi connectivity index (χ4v) is 3.12. The highest BCUT2D eigenvalue weighted by molar-refractivity contribution is 5.96. The molecule has 0 saturated heterocycles. The van der Waals surface area contributed by atoms with Crippen molar-refractivity contribution in [2.24, 2.45) is 0 Å². The van der Waals surface area contributed by atoms with E-state index in [0.717, 1.165) is 10.8 Å². The van der Waals surface area contributed by atoms with Gasteiger partial charge in [-0.3, -0.25) is 23.7 Å². The first-order chi connectivity index (χ1) is 16.8. The van der Waals surface area contributed by atoms with Crippen molar-refractivity contribution < 1.29 is 18.8 Å². The molecule has 1 heterocycles. The summed E-state index contributed by atoms with van der Waals surface area (Å²) in [4.78, 5) is 63.1. The summed E-state index contributed by atoms with van der Waals surface area (Å²) in [5, 5.41) is 7.80. The number of nitrogens with zero attached hydrogens (tertiary/aromatic N) is 1. The first-order valence-corrected chi connectivity index (χ1v) is 10.8. The molecule has 10 nitrogen and oxygen atoms in total. The van der Waals surface area contributed by atoms with Crippen LogP contribution in [0.3, 0.4) is 0 Å². The summed E-state index contributed by atoms with van der Waals surface area (Å²) in [7, 11) is 0. The number of amides is 3. The smallest absolute Gasteiger partial charge is 0.328 e. The van der Waals surface area contributed by atoms with E-state index in [4.69, 9.17) is 0 Å². The van der Waals surface area contributed by atoms with E-state index in [1.807, 2.05) is 0 Å². The van der Waals surface area contributed by atoms with Crippen LogP contribution in [0, 0.1) is 5.82 Å². The number of carbonyl (C=O) groups is 3. The quantitative estimate of drug-likeness (QED) is 0.340. The van der Waals surface area contributed by atoms with E-state index in [-0.39, 0.29) is 42.6 Å². The Morgan fingerprint density at radius 2 is 1.60 bits per heavy atom. The lowest BCUT2D eigenvalue weighted by Gasteiger charge is -2.10. The number of H-pyrrole nitrogens is 1. The Bertz CT molecular complexity index is 1350. The molecule has 4 N–H and O–H groups in total. The number of aromatic nitrogens is 2.